The summed E-state index contributed by atoms with van der Waals surface area (Å²) in [5.41, 5.74) is 0. The van der Waals surface area contributed by atoms with Gasteiger partial charge in [0, 0.05) is 25.7 Å². The molecule has 4 heteroatoms. The Morgan fingerprint density at radius 2 is 2.11 bits per heavy atom. The van der Waals surface area contributed by atoms with Crippen LogP contribution in [0.1, 0.15) is 40.0 Å². The van der Waals surface area contributed by atoms with Crippen molar-refractivity contribution in [3.8, 4) is 0 Å². The van der Waals surface area contributed by atoms with E-state index < -0.39 is 0 Å². The first-order valence-corrected chi connectivity index (χ1v) is 7.87. The molecule has 110 valence electrons. The Kier molecular flexibility index (Phi) is 5.22. The second-order valence-electron chi connectivity index (χ2n) is 6.35. The van der Waals surface area contributed by atoms with E-state index >= 15 is 0 Å². The second-order valence-corrected chi connectivity index (χ2v) is 6.35. The third-order valence-electron chi connectivity index (χ3n) is 4.36. The normalized spacial score (nSPS) is 29.5. The lowest BCUT2D eigenvalue weighted by Crippen LogP contribution is -2.53. The van der Waals surface area contributed by atoms with Crippen molar-refractivity contribution in [2.75, 3.05) is 32.7 Å². The summed E-state index contributed by atoms with van der Waals surface area (Å²) in [5, 5.41) is 3.40. The van der Waals surface area contributed by atoms with Gasteiger partial charge in [-0.25, -0.2) is 0 Å². The number of nitrogens with one attached hydrogen (secondary N) is 1. The highest BCUT2D eigenvalue weighted by atomic mass is 16.2. The summed E-state index contributed by atoms with van der Waals surface area (Å²) in [6.07, 6.45) is 3.39. The first-order valence-electron chi connectivity index (χ1n) is 7.87. The molecule has 0 bridgehead atoms. The Labute approximate surface area is 117 Å². The van der Waals surface area contributed by atoms with Crippen LogP contribution < -0.4 is 5.32 Å². The maximum absolute atomic E-state index is 12.4. The number of nitrogens with zero attached hydrogens (tertiary/aromatic N) is 2. The molecule has 2 aliphatic rings. The minimum atomic E-state index is 0.0532. The Bertz CT molecular complexity index is 306. The highest BCUT2D eigenvalue weighted by Gasteiger charge is 2.31. The van der Waals surface area contributed by atoms with E-state index in [1.54, 1.807) is 0 Å². The van der Waals surface area contributed by atoms with Crippen molar-refractivity contribution in [3.63, 3.8) is 0 Å². The summed E-state index contributed by atoms with van der Waals surface area (Å²) in [6.45, 7) is 11.9. The lowest BCUT2D eigenvalue weighted by Gasteiger charge is -2.35. The fourth-order valence-corrected chi connectivity index (χ4v) is 3.34. The predicted octanol–water partition coefficient (Wildman–Crippen LogP) is 1.32. The van der Waals surface area contributed by atoms with Crippen molar-refractivity contribution in [3.05, 3.63) is 0 Å². The maximum atomic E-state index is 12.4. The summed E-state index contributed by atoms with van der Waals surface area (Å²) in [5.74, 6) is 1.01. The van der Waals surface area contributed by atoms with Gasteiger partial charge in [-0.2, -0.15) is 0 Å². The van der Waals surface area contributed by atoms with E-state index in [0.29, 0.717) is 17.9 Å². The molecule has 1 N–H and O–H groups in total. The van der Waals surface area contributed by atoms with Crippen molar-refractivity contribution < 1.29 is 4.79 Å². The van der Waals surface area contributed by atoms with E-state index in [-0.39, 0.29) is 6.04 Å². The molecule has 2 aliphatic heterocycles. The van der Waals surface area contributed by atoms with Crippen LogP contribution in [0.25, 0.3) is 0 Å². The van der Waals surface area contributed by atoms with Crippen molar-refractivity contribution in [2.45, 2.75) is 52.1 Å². The van der Waals surface area contributed by atoms with Crippen molar-refractivity contribution in [1.29, 1.82) is 0 Å². The molecule has 0 aromatic rings. The third kappa shape index (κ3) is 3.93. The van der Waals surface area contributed by atoms with Gasteiger partial charge in [0.1, 0.15) is 0 Å². The largest absolute Gasteiger partial charge is 0.341 e. The fourth-order valence-electron chi connectivity index (χ4n) is 3.34. The molecule has 2 fully saturated rings. The summed E-state index contributed by atoms with van der Waals surface area (Å²) in [7, 11) is 0. The van der Waals surface area contributed by atoms with Crippen LogP contribution in [0.2, 0.25) is 0 Å². The molecular formula is C15H29N3O. The van der Waals surface area contributed by atoms with Crippen molar-refractivity contribution >= 4 is 5.91 Å². The molecule has 1 amide bonds. The fraction of sp³-hybridized carbons (Fsp3) is 0.933. The summed E-state index contributed by atoms with van der Waals surface area (Å²) >= 11 is 0. The number of hydrogen-bond acceptors (Lipinski definition) is 3. The number of carbonyl (C=O) groups excluding carboxylic acids is 1. The lowest BCUT2D eigenvalue weighted by molar-refractivity contribution is -0.136. The average Bonchev–Trinajstić information content (AvgIpc) is 2.81. The van der Waals surface area contributed by atoms with Gasteiger partial charge in [-0.15, -0.1) is 0 Å². The molecule has 4 nitrogen and oxygen atoms in total. The summed E-state index contributed by atoms with van der Waals surface area (Å²) < 4.78 is 0. The van der Waals surface area contributed by atoms with Crippen LogP contribution in [0.3, 0.4) is 0 Å². The third-order valence-corrected chi connectivity index (χ3v) is 4.36. The molecule has 0 aliphatic carbocycles. The van der Waals surface area contributed by atoms with Gasteiger partial charge in [-0.05, 0) is 38.3 Å². The quantitative estimate of drug-likeness (QED) is 0.816. The monoisotopic (exact) mass is 267 g/mol. The van der Waals surface area contributed by atoms with E-state index in [0.717, 1.165) is 32.5 Å². The van der Waals surface area contributed by atoms with E-state index in [1.807, 2.05) is 0 Å². The molecule has 2 saturated heterocycles. The van der Waals surface area contributed by atoms with E-state index in [9.17, 15) is 4.79 Å². The molecule has 0 saturated carbocycles. The van der Waals surface area contributed by atoms with Crippen LogP contribution in [0.4, 0.5) is 0 Å². The van der Waals surface area contributed by atoms with Gasteiger partial charge in [-0.1, -0.05) is 20.8 Å². The molecule has 2 unspecified atom stereocenters. The summed E-state index contributed by atoms with van der Waals surface area (Å²) in [6, 6.07) is 0.438. The highest BCUT2D eigenvalue weighted by Crippen LogP contribution is 2.20. The SMILES string of the molecule is CCN1CCC(CN2CCCC(NC(C)C)C2=O)C1. The number of hydrogen-bond donors (Lipinski definition) is 1. The second kappa shape index (κ2) is 6.71. The first-order chi connectivity index (χ1) is 9.10. The van der Waals surface area contributed by atoms with Gasteiger partial charge in [0.05, 0.1) is 6.04 Å². The topological polar surface area (TPSA) is 35.6 Å². The zero-order chi connectivity index (χ0) is 13.8. The van der Waals surface area contributed by atoms with Crippen LogP contribution >= 0.6 is 0 Å². The number of likely N-dealkylation sites (tertiary alicyclic amines) is 2. The molecule has 0 aromatic carbocycles. The molecule has 19 heavy (non-hydrogen) atoms. The average molecular weight is 267 g/mol. The Morgan fingerprint density at radius 3 is 2.74 bits per heavy atom. The van der Waals surface area contributed by atoms with E-state index in [4.69, 9.17) is 0 Å². The standard InChI is InChI=1S/C15H29N3O/c1-4-17-9-7-13(10-17)11-18-8-5-6-14(15(18)19)16-12(2)3/h12-14,16H,4-11H2,1-3H3. The maximum Gasteiger partial charge on any atom is 0.239 e. The molecule has 0 aromatic heterocycles. The number of amides is 1. The molecule has 0 radical (unpaired) electrons. The molecule has 0 spiro atoms. The summed E-state index contributed by atoms with van der Waals surface area (Å²) in [4.78, 5) is 17.0. The Balaban J connectivity index is 1.84. The minimum absolute atomic E-state index is 0.0532. The molecular weight excluding hydrogens is 238 g/mol. The number of rotatable bonds is 5. The van der Waals surface area contributed by atoms with Crippen LogP contribution in [-0.4, -0.2) is 60.5 Å². The van der Waals surface area contributed by atoms with Gasteiger partial charge >= 0.3 is 0 Å². The lowest BCUT2D eigenvalue weighted by atomic mass is 10.0. The van der Waals surface area contributed by atoms with Crippen molar-refractivity contribution in [2.24, 2.45) is 5.92 Å². The first kappa shape index (κ1) is 14.8. The molecule has 2 rings (SSSR count). The van der Waals surface area contributed by atoms with Crippen LogP contribution in [0.5, 0.6) is 0 Å². The van der Waals surface area contributed by atoms with Crippen molar-refractivity contribution in [1.82, 2.24) is 15.1 Å². The smallest absolute Gasteiger partial charge is 0.239 e. The van der Waals surface area contributed by atoms with Gasteiger partial charge < -0.3 is 15.1 Å². The zero-order valence-electron chi connectivity index (χ0n) is 12.7. The molecule has 2 atom stereocenters. The van der Waals surface area contributed by atoms with Crippen LogP contribution in [0, 0.1) is 5.92 Å². The minimum Gasteiger partial charge on any atom is -0.341 e. The predicted molar refractivity (Wildman–Crippen MR) is 78.1 cm³/mol. The van der Waals surface area contributed by atoms with Gasteiger partial charge in [0.2, 0.25) is 5.91 Å². The Hall–Kier alpha value is -0.610. The van der Waals surface area contributed by atoms with Gasteiger partial charge in [0.25, 0.3) is 0 Å². The van der Waals surface area contributed by atoms with E-state index in [2.05, 4.69) is 35.9 Å². The molecule has 2 heterocycles. The Morgan fingerprint density at radius 1 is 1.32 bits per heavy atom. The van der Waals surface area contributed by atoms with E-state index in [1.165, 1.54) is 19.5 Å². The van der Waals surface area contributed by atoms with Crippen LogP contribution in [0.15, 0.2) is 0 Å². The number of carbonyl (C=O) groups is 1. The van der Waals surface area contributed by atoms with Gasteiger partial charge in [0.15, 0.2) is 0 Å². The number of piperidine rings is 1. The zero-order valence-corrected chi connectivity index (χ0v) is 12.7. The van der Waals surface area contributed by atoms with Gasteiger partial charge in [-0.3, -0.25) is 4.79 Å². The van der Waals surface area contributed by atoms with Crippen LogP contribution in [-0.2, 0) is 4.79 Å². The highest BCUT2D eigenvalue weighted by molar-refractivity contribution is 5.82.